The number of ether oxygens (including phenoxy) is 1. The van der Waals surface area contributed by atoms with Crippen LogP contribution in [0.2, 0.25) is 0 Å². The molecule has 106 valence electrons. The number of aryl methyl sites for hydroxylation is 3. The molecule has 0 radical (unpaired) electrons. The Balaban J connectivity index is 2.64. The van der Waals surface area contributed by atoms with Crippen LogP contribution in [0, 0.1) is 20.8 Å². The molecule has 1 aromatic heterocycles. The number of aromatic nitrogens is 2. The number of nitrogens with zero attached hydrogens (tertiary/aromatic N) is 2. The Kier molecular flexibility index (Phi) is 4.23. The van der Waals surface area contributed by atoms with Gasteiger partial charge in [0.1, 0.15) is 5.75 Å². The highest BCUT2D eigenvalue weighted by molar-refractivity contribution is 5.74. The van der Waals surface area contributed by atoms with Crippen LogP contribution >= 0.6 is 0 Å². The van der Waals surface area contributed by atoms with Gasteiger partial charge >= 0.3 is 0 Å². The van der Waals surface area contributed by atoms with Gasteiger partial charge in [-0.05, 0) is 50.5 Å². The van der Waals surface area contributed by atoms with Gasteiger partial charge in [-0.1, -0.05) is 6.07 Å². The standard InChI is InChI=1S/C16H21N3O/c1-6-17-16-18-9-12(4)15(19-16)14-11(3)7-10(2)8-13(14)20-5/h7-9H,6H2,1-5H3,(H,17,18,19). The molecule has 0 saturated carbocycles. The lowest BCUT2D eigenvalue weighted by atomic mass is 9.99. The first-order chi connectivity index (χ1) is 9.56. The minimum Gasteiger partial charge on any atom is -0.496 e. The van der Waals surface area contributed by atoms with E-state index in [9.17, 15) is 0 Å². The molecule has 0 saturated heterocycles. The van der Waals surface area contributed by atoms with Crippen LogP contribution in [-0.4, -0.2) is 23.6 Å². The molecule has 0 amide bonds. The third-order valence-electron chi connectivity index (χ3n) is 3.21. The molecule has 4 heteroatoms. The van der Waals surface area contributed by atoms with Gasteiger partial charge in [-0.25, -0.2) is 9.97 Å². The van der Waals surface area contributed by atoms with E-state index in [0.29, 0.717) is 5.95 Å². The Hall–Kier alpha value is -2.10. The van der Waals surface area contributed by atoms with Gasteiger partial charge in [-0.2, -0.15) is 0 Å². The molecular weight excluding hydrogens is 250 g/mol. The second kappa shape index (κ2) is 5.90. The van der Waals surface area contributed by atoms with Gasteiger partial charge in [-0.3, -0.25) is 0 Å². The molecule has 20 heavy (non-hydrogen) atoms. The summed E-state index contributed by atoms with van der Waals surface area (Å²) in [4.78, 5) is 8.92. The highest BCUT2D eigenvalue weighted by atomic mass is 16.5. The predicted molar refractivity (Wildman–Crippen MR) is 82.4 cm³/mol. The summed E-state index contributed by atoms with van der Waals surface area (Å²) in [5.74, 6) is 1.50. The number of hydrogen-bond acceptors (Lipinski definition) is 4. The maximum Gasteiger partial charge on any atom is 0.223 e. The zero-order chi connectivity index (χ0) is 14.7. The summed E-state index contributed by atoms with van der Waals surface area (Å²) in [5, 5.41) is 3.15. The average Bonchev–Trinajstić information content (AvgIpc) is 2.41. The summed E-state index contributed by atoms with van der Waals surface area (Å²) < 4.78 is 5.54. The van der Waals surface area contributed by atoms with Crippen LogP contribution in [0.1, 0.15) is 23.6 Å². The van der Waals surface area contributed by atoms with Gasteiger partial charge in [0.2, 0.25) is 5.95 Å². The van der Waals surface area contributed by atoms with Gasteiger partial charge in [-0.15, -0.1) is 0 Å². The van der Waals surface area contributed by atoms with E-state index in [2.05, 4.69) is 35.2 Å². The molecule has 0 aliphatic heterocycles. The summed E-state index contributed by atoms with van der Waals surface area (Å²) in [6, 6.07) is 4.18. The molecule has 0 aliphatic rings. The van der Waals surface area contributed by atoms with Crippen molar-refractivity contribution >= 4 is 5.95 Å². The average molecular weight is 271 g/mol. The summed E-state index contributed by atoms with van der Waals surface area (Å²) >= 11 is 0. The van der Waals surface area contributed by atoms with Gasteiger partial charge < -0.3 is 10.1 Å². The van der Waals surface area contributed by atoms with Gasteiger partial charge in [0, 0.05) is 18.3 Å². The number of nitrogens with one attached hydrogen (secondary N) is 1. The maximum absolute atomic E-state index is 5.54. The lowest BCUT2D eigenvalue weighted by Crippen LogP contribution is -2.05. The van der Waals surface area contributed by atoms with Crippen molar-refractivity contribution in [3.05, 3.63) is 35.0 Å². The van der Waals surface area contributed by atoms with Crippen molar-refractivity contribution in [2.45, 2.75) is 27.7 Å². The Morgan fingerprint density at radius 1 is 1.15 bits per heavy atom. The Morgan fingerprint density at radius 3 is 2.55 bits per heavy atom. The summed E-state index contributed by atoms with van der Waals surface area (Å²) in [7, 11) is 1.69. The Labute approximate surface area is 120 Å². The second-order valence-electron chi connectivity index (χ2n) is 4.91. The van der Waals surface area contributed by atoms with Crippen LogP contribution in [0.3, 0.4) is 0 Å². The van der Waals surface area contributed by atoms with Crippen molar-refractivity contribution in [2.75, 3.05) is 19.0 Å². The fraction of sp³-hybridized carbons (Fsp3) is 0.375. The third kappa shape index (κ3) is 2.74. The molecule has 2 rings (SSSR count). The minimum absolute atomic E-state index is 0.648. The molecule has 2 aromatic rings. The van der Waals surface area contributed by atoms with E-state index in [1.165, 1.54) is 5.56 Å². The molecule has 0 bridgehead atoms. The molecular formula is C16H21N3O. The Morgan fingerprint density at radius 2 is 1.90 bits per heavy atom. The van der Waals surface area contributed by atoms with Gasteiger partial charge in [0.25, 0.3) is 0 Å². The highest BCUT2D eigenvalue weighted by Crippen LogP contribution is 2.35. The maximum atomic E-state index is 5.54. The van der Waals surface area contributed by atoms with E-state index >= 15 is 0 Å². The van der Waals surface area contributed by atoms with E-state index in [-0.39, 0.29) is 0 Å². The topological polar surface area (TPSA) is 47.0 Å². The first kappa shape index (κ1) is 14.3. The molecule has 0 fully saturated rings. The molecule has 0 atom stereocenters. The third-order valence-corrected chi connectivity index (χ3v) is 3.21. The lowest BCUT2D eigenvalue weighted by molar-refractivity contribution is 0.415. The fourth-order valence-corrected chi connectivity index (χ4v) is 2.33. The molecule has 1 aromatic carbocycles. The first-order valence-electron chi connectivity index (χ1n) is 6.80. The smallest absolute Gasteiger partial charge is 0.223 e. The van der Waals surface area contributed by atoms with Crippen LogP contribution in [0.25, 0.3) is 11.3 Å². The summed E-state index contributed by atoms with van der Waals surface area (Å²) in [5.41, 5.74) is 5.34. The molecule has 4 nitrogen and oxygen atoms in total. The van der Waals surface area contributed by atoms with Gasteiger partial charge in [0.05, 0.1) is 12.8 Å². The van der Waals surface area contributed by atoms with Crippen molar-refractivity contribution in [3.8, 4) is 17.0 Å². The number of methoxy groups -OCH3 is 1. The van der Waals surface area contributed by atoms with E-state index in [4.69, 9.17) is 4.74 Å². The summed E-state index contributed by atoms with van der Waals surface area (Å²) in [6.45, 7) is 8.99. The predicted octanol–water partition coefficient (Wildman–Crippen LogP) is 3.51. The van der Waals surface area contributed by atoms with Crippen molar-refractivity contribution < 1.29 is 4.74 Å². The Bertz CT molecular complexity index is 623. The lowest BCUT2D eigenvalue weighted by Gasteiger charge is -2.15. The first-order valence-corrected chi connectivity index (χ1v) is 6.80. The van der Waals surface area contributed by atoms with E-state index in [1.54, 1.807) is 7.11 Å². The van der Waals surface area contributed by atoms with Crippen LogP contribution in [0.15, 0.2) is 18.3 Å². The molecule has 1 N–H and O–H groups in total. The molecule has 0 unspecified atom stereocenters. The molecule has 1 heterocycles. The number of hydrogen-bond donors (Lipinski definition) is 1. The monoisotopic (exact) mass is 271 g/mol. The van der Waals surface area contributed by atoms with Crippen molar-refractivity contribution in [1.82, 2.24) is 9.97 Å². The zero-order valence-corrected chi connectivity index (χ0v) is 12.7. The van der Waals surface area contributed by atoms with E-state index < -0.39 is 0 Å². The van der Waals surface area contributed by atoms with E-state index in [1.807, 2.05) is 26.1 Å². The largest absolute Gasteiger partial charge is 0.496 e. The molecule has 0 spiro atoms. The van der Waals surface area contributed by atoms with Crippen molar-refractivity contribution in [2.24, 2.45) is 0 Å². The quantitative estimate of drug-likeness (QED) is 0.924. The number of benzene rings is 1. The van der Waals surface area contributed by atoms with Crippen LogP contribution in [-0.2, 0) is 0 Å². The van der Waals surface area contributed by atoms with Crippen molar-refractivity contribution in [3.63, 3.8) is 0 Å². The summed E-state index contributed by atoms with van der Waals surface area (Å²) in [6.07, 6.45) is 1.85. The van der Waals surface area contributed by atoms with Gasteiger partial charge in [0.15, 0.2) is 0 Å². The minimum atomic E-state index is 0.648. The normalized spacial score (nSPS) is 10.4. The van der Waals surface area contributed by atoms with Crippen LogP contribution in [0.5, 0.6) is 5.75 Å². The zero-order valence-electron chi connectivity index (χ0n) is 12.7. The van der Waals surface area contributed by atoms with E-state index in [0.717, 1.165) is 34.7 Å². The van der Waals surface area contributed by atoms with Crippen LogP contribution in [0.4, 0.5) is 5.95 Å². The fourth-order valence-electron chi connectivity index (χ4n) is 2.33. The number of rotatable bonds is 4. The number of anilines is 1. The highest BCUT2D eigenvalue weighted by Gasteiger charge is 2.15. The second-order valence-corrected chi connectivity index (χ2v) is 4.91. The SMILES string of the molecule is CCNc1ncc(C)c(-c2c(C)cc(C)cc2OC)n1. The van der Waals surface area contributed by atoms with Crippen molar-refractivity contribution in [1.29, 1.82) is 0 Å². The van der Waals surface area contributed by atoms with Crippen LogP contribution < -0.4 is 10.1 Å². The molecule has 0 aliphatic carbocycles.